The number of carbonyl (C=O) groups is 1. The van der Waals surface area contributed by atoms with Gasteiger partial charge in [-0.1, -0.05) is 18.3 Å². The molecule has 5 nitrogen and oxygen atoms in total. The van der Waals surface area contributed by atoms with Gasteiger partial charge >= 0.3 is 0 Å². The fraction of sp³-hybridized carbons (Fsp3) is 0.250. The van der Waals surface area contributed by atoms with Crippen LogP contribution < -0.4 is 10.6 Å². The van der Waals surface area contributed by atoms with Gasteiger partial charge in [-0.2, -0.15) is 0 Å². The summed E-state index contributed by atoms with van der Waals surface area (Å²) in [7, 11) is 0. The highest BCUT2D eigenvalue weighted by atomic mass is 32.1. The first-order chi connectivity index (χ1) is 9.60. The van der Waals surface area contributed by atoms with E-state index in [0.717, 1.165) is 36.4 Å². The molecule has 1 aromatic carbocycles. The third-order valence-corrected chi connectivity index (χ3v) is 3.20. The lowest BCUT2D eigenvalue weighted by molar-refractivity contribution is 0.102. The highest BCUT2D eigenvalue weighted by molar-refractivity contribution is 7.17. The number of carbonyl (C=O) groups excluding carboxylic acids is 1. The van der Waals surface area contributed by atoms with Crippen molar-refractivity contribution in [3.63, 3.8) is 0 Å². The van der Waals surface area contributed by atoms with E-state index in [-0.39, 0.29) is 10.7 Å². The van der Waals surface area contributed by atoms with Gasteiger partial charge in [-0.15, -0.1) is 10.2 Å². The van der Waals surface area contributed by atoms with Crippen molar-refractivity contribution in [2.75, 3.05) is 17.2 Å². The molecule has 0 radical (unpaired) electrons. The Morgan fingerprint density at radius 3 is 2.80 bits per heavy atom. The first-order valence-electron chi connectivity index (χ1n) is 5.94. The average Bonchev–Trinajstić information content (AvgIpc) is 2.89. The van der Waals surface area contributed by atoms with Crippen LogP contribution >= 0.6 is 11.3 Å². The van der Waals surface area contributed by atoms with Crippen LogP contribution in [0.2, 0.25) is 0 Å². The zero-order valence-electron chi connectivity index (χ0n) is 10.6. The number of nitrogens with zero attached hydrogens (tertiary/aromatic N) is 2. The van der Waals surface area contributed by atoms with Crippen LogP contribution in [0.4, 0.5) is 19.6 Å². The van der Waals surface area contributed by atoms with Crippen LogP contribution in [0, 0.1) is 11.6 Å². The van der Waals surface area contributed by atoms with Gasteiger partial charge in [-0.25, -0.2) is 8.78 Å². The zero-order chi connectivity index (χ0) is 14.5. The Balaban J connectivity index is 2.03. The van der Waals surface area contributed by atoms with Crippen molar-refractivity contribution >= 4 is 28.1 Å². The first kappa shape index (κ1) is 14.3. The third kappa shape index (κ3) is 3.47. The van der Waals surface area contributed by atoms with E-state index in [4.69, 9.17) is 0 Å². The van der Waals surface area contributed by atoms with Crippen LogP contribution in [-0.2, 0) is 0 Å². The summed E-state index contributed by atoms with van der Waals surface area (Å²) < 4.78 is 25.8. The number of aromatic nitrogens is 2. The maximum atomic E-state index is 13.0. The molecular formula is C12H12F2N4OS. The van der Waals surface area contributed by atoms with Crippen molar-refractivity contribution in [1.29, 1.82) is 0 Å². The van der Waals surface area contributed by atoms with Gasteiger partial charge in [-0.05, 0) is 18.6 Å². The van der Waals surface area contributed by atoms with E-state index in [1.165, 1.54) is 6.07 Å². The fourth-order valence-electron chi connectivity index (χ4n) is 1.38. The molecule has 0 atom stereocenters. The minimum absolute atomic E-state index is 0.147. The van der Waals surface area contributed by atoms with Gasteiger partial charge < -0.3 is 10.6 Å². The molecule has 0 aliphatic carbocycles. The molecule has 0 fully saturated rings. The van der Waals surface area contributed by atoms with Gasteiger partial charge in [0.05, 0.1) is 0 Å². The van der Waals surface area contributed by atoms with Crippen molar-refractivity contribution in [3.8, 4) is 0 Å². The molecule has 1 heterocycles. The molecule has 8 heteroatoms. The summed E-state index contributed by atoms with van der Waals surface area (Å²) in [5, 5.41) is 13.7. The van der Waals surface area contributed by atoms with Crippen LogP contribution in [0.25, 0.3) is 0 Å². The predicted molar refractivity (Wildman–Crippen MR) is 73.0 cm³/mol. The summed E-state index contributed by atoms with van der Waals surface area (Å²) in [6.07, 6.45) is 0.927. The lowest BCUT2D eigenvalue weighted by atomic mass is 10.3. The smallest absolute Gasteiger partial charge is 0.286 e. The molecule has 0 aliphatic rings. The maximum absolute atomic E-state index is 13.0. The lowest BCUT2D eigenvalue weighted by Gasteiger charge is -2.02. The van der Waals surface area contributed by atoms with Crippen molar-refractivity contribution in [1.82, 2.24) is 10.2 Å². The Bertz CT molecular complexity index is 617. The Morgan fingerprint density at radius 1 is 1.30 bits per heavy atom. The number of benzene rings is 1. The van der Waals surface area contributed by atoms with Crippen LogP contribution in [0.15, 0.2) is 18.2 Å². The molecule has 0 saturated heterocycles. The lowest BCUT2D eigenvalue weighted by Crippen LogP contribution is -2.11. The molecule has 2 N–H and O–H groups in total. The number of nitrogens with one attached hydrogen (secondary N) is 2. The molecule has 0 aliphatic heterocycles. The Kier molecular flexibility index (Phi) is 4.57. The molecule has 20 heavy (non-hydrogen) atoms. The van der Waals surface area contributed by atoms with Gasteiger partial charge in [0, 0.05) is 18.3 Å². The van der Waals surface area contributed by atoms with Crippen LogP contribution in [-0.4, -0.2) is 22.6 Å². The van der Waals surface area contributed by atoms with Crippen molar-refractivity contribution in [2.45, 2.75) is 13.3 Å². The van der Waals surface area contributed by atoms with Crippen molar-refractivity contribution < 1.29 is 13.6 Å². The van der Waals surface area contributed by atoms with Crippen LogP contribution in [0.1, 0.15) is 23.1 Å². The van der Waals surface area contributed by atoms with E-state index in [1.807, 2.05) is 6.92 Å². The summed E-state index contributed by atoms with van der Waals surface area (Å²) >= 11 is 1.09. The standard InChI is InChI=1S/C12H12F2N4OS/c1-2-5-15-12-18-17-11(20-12)10(19)16-7-3-4-8(13)9(14)6-7/h3-4,6H,2,5H2,1H3,(H,15,18)(H,16,19). The summed E-state index contributed by atoms with van der Waals surface area (Å²) in [6.45, 7) is 2.74. The van der Waals surface area contributed by atoms with Gasteiger partial charge in [0.15, 0.2) is 11.6 Å². The Labute approximate surface area is 118 Å². The van der Waals surface area contributed by atoms with E-state index < -0.39 is 17.5 Å². The van der Waals surface area contributed by atoms with E-state index in [1.54, 1.807) is 0 Å². The minimum atomic E-state index is -1.02. The first-order valence-corrected chi connectivity index (χ1v) is 6.75. The number of hydrogen-bond donors (Lipinski definition) is 2. The van der Waals surface area contributed by atoms with Gasteiger partial charge in [-0.3, -0.25) is 4.79 Å². The second-order valence-corrected chi connectivity index (χ2v) is 4.90. The molecule has 1 amide bonds. The SMILES string of the molecule is CCCNc1nnc(C(=O)Nc2ccc(F)c(F)c2)s1. The molecule has 0 bridgehead atoms. The minimum Gasteiger partial charge on any atom is -0.360 e. The van der Waals surface area contributed by atoms with E-state index in [0.29, 0.717) is 5.13 Å². The molecular weight excluding hydrogens is 286 g/mol. The Hall–Kier alpha value is -2.09. The number of halogens is 2. The Morgan fingerprint density at radius 2 is 2.10 bits per heavy atom. The highest BCUT2D eigenvalue weighted by Gasteiger charge is 2.13. The molecule has 0 unspecified atom stereocenters. The van der Waals surface area contributed by atoms with E-state index in [9.17, 15) is 13.6 Å². The largest absolute Gasteiger partial charge is 0.360 e. The van der Waals surface area contributed by atoms with Crippen molar-refractivity contribution in [2.24, 2.45) is 0 Å². The van der Waals surface area contributed by atoms with Gasteiger partial charge in [0.25, 0.3) is 5.91 Å². The van der Waals surface area contributed by atoms with Crippen LogP contribution in [0.3, 0.4) is 0 Å². The summed E-state index contributed by atoms with van der Waals surface area (Å²) in [5.74, 6) is -2.51. The maximum Gasteiger partial charge on any atom is 0.286 e. The second kappa shape index (κ2) is 6.38. The summed E-state index contributed by atoms with van der Waals surface area (Å²) in [4.78, 5) is 11.9. The highest BCUT2D eigenvalue weighted by Crippen LogP contribution is 2.18. The zero-order valence-corrected chi connectivity index (χ0v) is 11.4. The number of rotatable bonds is 5. The molecule has 0 saturated carbocycles. The normalized spacial score (nSPS) is 10.3. The predicted octanol–water partition coefficient (Wildman–Crippen LogP) is 2.89. The molecule has 2 aromatic rings. The van der Waals surface area contributed by atoms with Crippen LogP contribution in [0.5, 0.6) is 0 Å². The molecule has 1 aromatic heterocycles. The number of anilines is 2. The van der Waals surface area contributed by atoms with E-state index >= 15 is 0 Å². The summed E-state index contributed by atoms with van der Waals surface area (Å²) in [6, 6.07) is 3.12. The molecule has 2 rings (SSSR count). The number of hydrogen-bond acceptors (Lipinski definition) is 5. The average molecular weight is 298 g/mol. The number of amides is 1. The third-order valence-electron chi connectivity index (χ3n) is 2.32. The quantitative estimate of drug-likeness (QED) is 0.890. The monoisotopic (exact) mass is 298 g/mol. The summed E-state index contributed by atoms with van der Waals surface area (Å²) in [5.41, 5.74) is 0.159. The van der Waals surface area contributed by atoms with Gasteiger partial charge in [0.2, 0.25) is 10.1 Å². The van der Waals surface area contributed by atoms with Gasteiger partial charge in [0.1, 0.15) is 0 Å². The molecule has 0 spiro atoms. The van der Waals surface area contributed by atoms with E-state index in [2.05, 4.69) is 20.8 Å². The topological polar surface area (TPSA) is 66.9 Å². The second-order valence-electron chi connectivity index (χ2n) is 3.92. The molecule has 106 valence electrons. The van der Waals surface area contributed by atoms with Crippen molar-refractivity contribution in [3.05, 3.63) is 34.8 Å². The fourth-order valence-corrected chi connectivity index (χ4v) is 2.04.